The number of amides is 1. The van der Waals surface area contributed by atoms with Crippen molar-refractivity contribution in [2.75, 3.05) is 33.3 Å². The van der Waals surface area contributed by atoms with E-state index in [1.54, 1.807) is 43.3 Å². The van der Waals surface area contributed by atoms with E-state index in [0.717, 1.165) is 0 Å². The summed E-state index contributed by atoms with van der Waals surface area (Å²) in [6, 6.07) is 10.0. The van der Waals surface area contributed by atoms with Gasteiger partial charge in [-0.2, -0.15) is 0 Å². The zero-order valence-electron chi connectivity index (χ0n) is 19.3. The predicted octanol–water partition coefficient (Wildman–Crippen LogP) is 3.07. The summed E-state index contributed by atoms with van der Waals surface area (Å²) in [7, 11) is 4.43. The van der Waals surface area contributed by atoms with Gasteiger partial charge < -0.3 is 24.6 Å². The molecular weight excluding hydrogens is 462 g/mol. The molecule has 0 aliphatic heterocycles. The number of nitrogens with one attached hydrogen (secondary N) is 1. The number of hydrogen-bond donors (Lipinski definition) is 2. The maximum Gasteiger partial charge on any atom is 0.257 e. The predicted molar refractivity (Wildman–Crippen MR) is 129 cm³/mol. The number of methoxy groups -OCH3 is 3. The van der Waals surface area contributed by atoms with Crippen molar-refractivity contribution in [2.45, 2.75) is 19.9 Å². The van der Waals surface area contributed by atoms with Gasteiger partial charge in [-0.1, -0.05) is 23.7 Å². The lowest BCUT2D eigenvalue weighted by Crippen LogP contribution is -2.33. The normalized spacial score (nSPS) is 10.6. The fraction of sp³-hybridized carbons (Fsp3) is 0.292. The maximum atomic E-state index is 13.3. The molecule has 2 N–H and O–H groups in total. The fourth-order valence-corrected chi connectivity index (χ4v) is 3.78. The van der Waals surface area contributed by atoms with E-state index in [1.165, 1.54) is 25.9 Å². The molecule has 0 aliphatic rings. The average Bonchev–Trinajstić information content (AvgIpc) is 2.82. The third-order valence-electron chi connectivity index (χ3n) is 5.16. The highest BCUT2D eigenvalue weighted by atomic mass is 35.5. The third kappa shape index (κ3) is 5.32. The number of rotatable bonds is 9. The Labute approximate surface area is 201 Å². The highest BCUT2D eigenvalue weighted by Gasteiger charge is 2.19. The van der Waals surface area contributed by atoms with Gasteiger partial charge >= 0.3 is 0 Å². The number of aryl methyl sites for hydroxylation is 1. The Morgan fingerprint density at radius 3 is 2.35 bits per heavy atom. The van der Waals surface area contributed by atoms with Crippen molar-refractivity contribution in [3.05, 3.63) is 63.0 Å². The number of anilines is 1. The first-order chi connectivity index (χ1) is 16.3. The zero-order chi connectivity index (χ0) is 24.8. The SMILES string of the molecule is COc1cc(NC(=O)Cn2c(-c3cccc(Cl)c3)nc(C)c(CCO)c2=O)cc(OC)c1OC. The van der Waals surface area contributed by atoms with E-state index < -0.39 is 11.5 Å². The number of benzene rings is 2. The Balaban J connectivity index is 2.02. The molecule has 2 aromatic carbocycles. The molecule has 3 rings (SSSR count). The highest BCUT2D eigenvalue weighted by molar-refractivity contribution is 6.30. The van der Waals surface area contributed by atoms with Crippen molar-refractivity contribution < 1.29 is 24.1 Å². The van der Waals surface area contributed by atoms with E-state index in [2.05, 4.69) is 10.3 Å². The van der Waals surface area contributed by atoms with Gasteiger partial charge in [0.25, 0.3) is 5.56 Å². The van der Waals surface area contributed by atoms with Crippen LogP contribution in [-0.4, -0.2) is 48.5 Å². The van der Waals surface area contributed by atoms with Gasteiger partial charge in [0.15, 0.2) is 11.5 Å². The molecule has 0 atom stereocenters. The number of aliphatic hydroxyl groups is 1. The van der Waals surface area contributed by atoms with Crippen molar-refractivity contribution in [3.8, 4) is 28.6 Å². The molecule has 3 aromatic rings. The molecule has 1 amide bonds. The molecule has 180 valence electrons. The standard InChI is InChI=1S/C24H26ClN3O6/c1-14-18(8-9-29)24(31)28(23(26-14)15-6-5-7-16(25)10-15)13-21(30)27-17-11-19(32-2)22(34-4)20(12-17)33-3/h5-7,10-12,29H,8-9,13H2,1-4H3,(H,27,30). The van der Waals surface area contributed by atoms with Crippen LogP contribution in [0.25, 0.3) is 11.4 Å². The Hall–Kier alpha value is -3.56. The Bertz CT molecular complexity index is 1230. The van der Waals surface area contributed by atoms with Crippen LogP contribution < -0.4 is 25.1 Å². The summed E-state index contributed by atoms with van der Waals surface area (Å²) >= 11 is 6.14. The molecule has 9 nitrogen and oxygen atoms in total. The van der Waals surface area contributed by atoms with Crippen molar-refractivity contribution in [2.24, 2.45) is 0 Å². The number of halogens is 1. The molecule has 34 heavy (non-hydrogen) atoms. The Kier molecular flexibility index (Phi) is 8.14. The van der Waals surface area contributed by atoms with E-state index >= 15 is 0 Å². The van der Waals surface area contributed by atoms with E-state index in [9.17, 15) is 14.7 Å². The number of nitrogens with zero attached hydrogens (tertiary/aromatic N) is 2. The lowest BCUT2D eigenvalue weighted by Gasteiger charge is -2.17. The van der Waals surface area contributed by atoms with Crippen LogP contribution in [0.4, 0.5) is 5.69 Å². The van der Waals surface area contributed by atoms with E-state index in [4.69, 9.17) is 25.8 Å². The van der Waals surface area contributed by atoms with Crippen molar-refractivity contribution in [1.82, 2.24) is 9.55 Å². The van der Waals surface area contributed by atoms with Crippen molar-refractivity contribution in [1.29, 1.82) is 0 Å². The second-order valence-electron chi connectivity index (χ2n) is 7.34. The molecule has 0 fully saturated rings. The lowest BCUT2D eigenvalue weighted by atomic mass is 10.1. The average molecular weight is 488 g/mol. The van der Waals surface area contributed by atoms with Crippen LogP contribution in [0, 0.1) is 6.92 Å². The molecule has 0 radical (unpaired) electrons. The quantitative estimate of drug-likeness (QED) is 0.477. The number of aromatic nitrogens is 2. The topological polar surface area (TPSA) is 112 Å². The summed E-state index contributed by atoms with van der Waals surface area (Å²) in [6.07, 6.45) is 0.127. The van der Waals surface area contributed by atoms with E-state index in [0.29, 0.717) is 50.6 Å². The van der Waals surface area contributed by atoms with Gasteiger partial charge in [0.05, 0.1) is 21.3 Å². The molecule has 0 saturated carbocycles. The number of carbonyl (C=O) groups excluding carboxylic acids is 1. The van der Waals surface area contributed by atoms with Crippen LogP contribution in [0.5, 0.6) is 17.2 Å². The van der Waals surface area contributed by atoms with Crippen LogP contribution in [0.2, 0.25) is 5.02 Å². The molecule has 1 heterocycles. The molecule has 0 unspecified atom stereocenters. The van der Waals surface area contributed by atoms with Gasteiger partial charge in [-0.15, -0.1) is 0 Å². The monoisotopic (exact) mass is 487 g/mol. The first kappa shape index (κ1) is 25.1. The number of hydrogen-bond acceptors (Lipinski definition) is 7. The third-order valence-corrected chi connectivity index (χ3v) is 5.40. The number of ether oxygens (including phenoxy) is 3. The van der Waals surface area contributed by atoms with Gasteiger partial charge in [-0.05, 0) is 19.1 Å². The van der Waals surface area contributed by atoms with Gasteiger partial charge in [-0.25, -0.2) is 4.98 Å². The minimum absolute atomic E-state index is 0.127. The van der Waals surface area contributed by atoms with Gasteiger partial charge in [0.2, 0.25) is 11.7 Å². The summed E-state index contributed by atoms with van der Waals surface area (Å²) in [6.45, 7) is 1.16. The van der Waals surface area contributed by atoms with Crippen LogP contribution in [0.15, 0.2) is 41.2 Å². The molecular formula is C24H26ClN3O6. The molecule has 0 aliphatic carbocycles. The first-order valence-electron chi connectivity index (χ1n) is 10.4. The number of aliphatic hydroxyl groups excluding tert-OH is 1. The largest absolute Gasteiger partial charge is 0.493 e. The lowest BCUT2D eigenvalue weighted by molar-refractivity contribution is -0.116. The molecule has 1 aromatic heterocycles. The van der Waals surface area contributed by atoms with Crippen LogP contribution in [0.3, 0.4) is 0 Å². The zero-order valence-corrected chi connectivity index (χ0v) is 20.1. The number of carbonyl (C=O) groups is 1. The van der Waals surface area contributed by atoms with Crippen molar-refractivity contribution >= 4 is 23.2 Å². The second-order valence-corrected chi connectivity index (χ2v) is 7.77. The Morgan fingerprint density at radius 1 is 1.12 bits per heavy atom. The van der Waals surface area contributed by atoms with Crippen LogP contribution in [0.1, 0.15) is 11.3 Å². The first-order valence-corrected chi connectivity index (χ1v) is 10.8. The smallest absolute Gasteiger partial charge is 0.257 e. The summed E-state index contributed by atoms with van der Waals surface area (Å²) < 4.78 is 17.2. The summed E-state index contributed by atoms with van der Waals surface area (Å²) in [5, 5.41) is 12.6. The van der Waals surface area contributed by atoms with Gasteiger partial charge in [0, 0.05) is 52.7 Å². The Morgan fingerprint density at radius 2 is 1.79 bits per heavy atom. The summed E-state index contributed by atoms with van der Waals surface area (Å²) in [5.41, 5.74) is 1.40. The maximum absolute atomic E-state index is 13.3. The molecule has 10 heteroatoms. The molecule has 0 saturated heterocycles. The molecule has 0 spiro atoms. The van der Waals surface area contributed by atoms with Gasteiger partial charge in [-0.3, -0.25) is 14.2 Å². The minimum Gasteiger partial charge on any atom is -0.493 e. The van der Waals surface area contributed by atoms with Crippen LogP contribution in [-0.2, 0) is 17.8 Å². The molecule has 0 bridgehead atoms. The van der Waals surface area contributed by atoms with E-state index in [-0.39, 0.29) is 19.6 Å². The summed E-state index contributed by atoms with van der Waals surface area (Å²) in [4.78, 5) is 30.8. The van der Waals surface area contributed by atoms with Crippen LogP contribution >= 0.6 is 11.6 Å². The fourth-order valence-electron chi connectivity index (χ4n) is 3.59. The second kappa shape index (κ2) is 11.0. The van der Waals surface area contributed by atoms with Gasteiger partial charge in [0.1, 0.15) is 12.4 Å². The minimum atomic E-state index is -0.472. The van der Waals surface area contributed by atoms with Crippen molar-refractivity contribution in [3.63, 3.8) is 0 Å². The summed E-state index contributed by atoms with van der Waals surface area (Å²) in [5.74, 6) is 0.957. The van der Waals surface area contributed by atoms with E-state index in [1.807, 2.05) is 0 Å². The highest BCUT2D eigenvalue weighted by Crippen LogP contribution is 2.39.